The molecule has 2 aromatic rings. The Morgan fingerprint density at radius 1 is 1.25 bits per heavy atom. The summed E-state index contributed by atoms with van der Waals surface area (Å²) in [7, 11) is 0. The lowest BCUT2D eigenvalue weighted by molar-refractivity contribution is 0.444. The van der Waals surface area contributed by atoms with Gasteiger partial charge in [0.05, 0.1) is 11.9 Å². The smallest absolute Gasteiger partial charge is 0.0645 e. The molecule has 1 unspecified atom stereocenters. The highest BCUT2D eigenvalue weighted by Crippen LogP contribution is 2.22. The summed E-state index contributed by atoms with van der Waals surface area (Å²) in [6.45, 7) is 0.608. The molecule has 1 saturated carbocycles. The predicted octanol–water partition coefficient (Wildman–Crippen LogP) is 2.40. The highest BCUT2D eigenvalue weighted by Gasteiger charge is 2.20. The van der Waals surface area contributed by atoms with Gasteiger partial charge in [0.2, 0.25) is 0 Å². The Balaban J connectivity index is 1.74. The monoisotopic (exact) mass is 270 g/mol. The molecule has 20 heavy (non-hydrogen) atoms. The number of hydrogen-bond donors (Lipinski definition) is 2. The highest BCUT2D eigenvalue weighted by molar-refractivity contribution is 5.31. The molecule has 1 aliphatic rings. The van der Waals surface area contributed by atoms with Crippen molar-refractivity contribution in [3.8, 4) is 5.69 Å². The maximum absolute atomic E-state index is 5.93. The molecule has 3 N–H and O–H groups in total. The minimum absolute atomic E-state index is 0.204. The lowest BCUT2D eigenvalue weighted by atomic mass is 10.1. The van der Waals surface area contributed by atoms with Crippen molar-refractivity contribution >= 4 is 0 Å². The summed E-state index contributed by atoms with van der Waals surface area (Å²) in [6, 6.07) is 11.0. The van der Waals surface area contributed by atoms with Crippen LogP contribution in [0.25, 0.3) is 5.69 Å². The van der Waals surface area contributed by atoms with Gasteiger partial charge in [0, 0.05) is 30.4 Å². The number of nitrogens with one attached hydrogen (secondary N) is 1. The molecule has 4 heteroatoms. The zero-order chi connectivity index (χ0) is 13.8. The second-order valence-corrected chi connectivity index (χ2v) is 5.49. The Hall–Kier alpha value is -1.65. The summed E-state index contributed by atoms with van der Waals surface area (Å²) in [6.07, 6.45) is 9.20. The second kappa shape index (κ2) is 6.20. The van der Waals surface area contributed by atoms with E-state index in [0.717, 1.165) is 5.69 Å². The molecule has 0 aliphatic heterocycles. The van der Waals surface area contributed by atoms with Crippen LogP contribution in [0.5, 0.6) is 0 Å². The molecule has 0 amide bonds. The van der Waals surface area contributed by atoms with Crippen molar-refractivity contribution < 1.29 is 0 Å². The molecule has 4 nitrogen and oxygen atoms in total. The number of hydrogen-bond acceptors (Lipinski definition) is 3. The molecule has 0 spiro atoms. The average molecular weight is 270 g/mol. The van der Waals surface area contributed by atoms with E-state index in [0.29, 0.717) is 12.6 Å². The molecule has 0 radical (unpaired) electrons. The van der Waals surface area contributed by atoms with Gasteiger partial charge >= 0.3 is 0 Å². The largest absolute Gasteiger partial charge is 0.329 e. The first-order valence-electron chi connectivity index (χ1n) is 7.43. The third-order valence-electron chi connectivity index (χ3n) is 4.05. The van der Waals surface area contributed by atoms with Crippen LogP contribution in [0.15, 0.2) is 42.7 Å². The van der Waals surface area contributed by atoms with Crippen LogP contribution in [0.4, 0.5) is 0 Å². The van der Waals surface area contributed by atoms with Crippen LogP contribution < -0.4 is 11.1 Å². The second-order valence-electron chi connectivity index (χ2n) is 5.49. The van der Waals surface area contributed by atoms with E-state index in [1.807, 2.05) is 29.1 Å². The third kappa shape index (κ3) is 2.92. The van der Waals surface area contributed by atoms with Crippen molar-refractivity contribution in [3.05, 3.63) is 48.3 Å². The first-order chi connectivity index (χ1) is 9.86. The zero-order valence-electron chi connectivity index (χ0n) is 11.7. The normalized spacial score (nSPS) is 17.4. The Morgan fingerprint density at radius 3 is 2.70 bits per heavy atom. The first kappa shape index (κ1) is 13.3. The molecule has 1 heterocycles. The van der Waals surface area contributed by atoms with Gasteiger partial charge in [-0.05, 0) is 25.0 Å². The fraction of sp³-hybridized carbons (Fsp3) is 0.438. The van der Waals surface area contributed by atoms with Crippen molar-refractivity contribution in [2.45, 2.75) is 37.8 Å². The summed E-state index contributed by atoms with van der Waals surface area (Å²) in [4.78, 5) is 0. The third-order valence-corrected chi connectivity index (χ3v) is 4.05. The van der Waals surface area contributed by atoms with E-state index in [4.69, 9.17) is 5.73 Å². The quantitative estimate of drug-likeness (QED) is 0.877. The summed E-state index contributed by atoms with van der Waals surface area (Å²) >= 11 is 0. The number of rotatable bonds is 5. The fourth-order valence-electron chi connectivity index (χ4n) is 2.92. The minimum Gasteiger partial charge on any atom is -0.329 e. The van der Waals surface area contributed by atoms with E-state index in [2.05, 4.69) is 28.7 Å². The van der Waals surface area contributed by atoms with E-state index in [9.17, 15) is 0 Å². The van der Waals surface area contributed by atoms with Gasteiger partial charge in [0.15, 0.2) is 0 Å². The van der Waals surface area contributed by atoms with Gasteiger partial charge in [-0.3, -0.25) is 0 Å². The lowest BCUT2D eigenvalue weighted by Gasteiger charge is -2.20. The molecule has 0 saturated heterocycles. The van der Waals surface area contributed by atoms with Crippen LogP contribution >= 0.6 is 0 Å². The molecular weight excluding hydrogens is 248 g/mol. The van der Waals surface area contributed by atoms with Crippen molar-refractivity contribution in [3.63, 3.8) is 0 Å². The van der Waals surface area contributed by atoms with E-state index >= 15 is 0 Å². The summed E-state index contributed by atoms with van der Waals surface area (Å²) in [5.74, 6) is 0. The van der Waals surface area contributed by atoms with Gasteiger partial charge < -0.3 is 11.1 Å². The number of nitrogens with two attached hydrogens (primary N) is 1. The topological polar surface area (TPSA) is 55.9 Å². The van der Waals surface area contributed by atoms with E-state index < -0.39 is 0 Å². The zero-order valence-corrected chi connectivity index (χ0v) is 11.7. The van der Waals surface area contributed by atoms with E-state index in [1.165, 1.54) is 31.2 Å². The Bertz CT molecular complexity index is 528. The molecule has 1 aromatic carbocycles. The van der Waals surface area contributed by atoms with E-state index in [1.54, 1.807) is 0 Å². The Labute approximate surface area is 120 Å². The molecule has 106 valence electrons. The van der Waals surface area contributed by atoms with Gasteiger partial charge in [-0.15, -0.1) is 0 Å². The number of aromatic nitrogens is 2. The summed E-state index contributed by atoms with van der Waals surface area (Å²) in [5, 5.41) is 8.12. The van der Waals surface area contributed by atoms with Crippen molar-refractivity contribution in [1.29, 1.82) is 0 Å². The molecule has 1 atom stereocenters. The maximum atomic E-state index is 5.93. The van der Waals surface area contributed by atoms with Crippen LogP contribution in [-0.4, -0.2) is 22.4 Å². The number of para-hydroxylation sites is 1. The molecule has 1 fully saturated rings. The summed E-state index contributed by atoms with van der Waals surface area (Å²) in [5.41, 5.74) is 8.18. The van der Waals surface area contributed by atoms with Crippen LogP contribution in [0.3, 0.4) is 0 Å². The number of nitrogens with zero attached hydrogens (tertiary/aromatic N) is 2. The average Bonchev–Trinajstić information content (AvgIpc) is 3.17. The standard InChI is InChI=1S/C16H22N4/c17-10-16(19-14-6-4-5-7-14)13-11-18-20(12-13)15-8-2-1-3-9-15/h1-3,8-9,11-12,14,16,19H,4-7,10,17H2. The molecule has 3 rings (SSSR count). The molecular formula is C16H22N4. The molecule has 0 bridgehead atoms. The van der Waals surface area contributed by atoms with Gasteiger partial charge in [-0.1, -0.05) is 31.0 Å². The molecule has 1 aromatic heterocycles. The number of benzene rings is 1. The van der Waals surface area contributed by atoms with Crippen LogP contribution in [0, 0.1) is 0 Å². The lowest BCUT2D eigenvalue weighted by Crippen LogP contribution is -2.34. The molecule has 1 aliphatic carbocycles. The van der Waals surface area contributed by atoms with Crippen molar-refractivity contribution in [2.75, 3.05) is 6.54 Å². The minimum atomic E-state index is 0.204. The fourth-order valence-corrected chi connectivity index (χ4v) is 2.92. The van der Waals surface area contributed by atoms with E-state index in [-0.39, 0.29) is 6.04 Å². The maximum Gasteiger partial charge on any atom is 0.0645 e. The van der Waals surface area contributed by atoms with Crippen molar-refractivity contribution in [1.82, 2.24) is 15.1 Å². The SMILES string of the molecule is NCC(NC1CCCC1)c1cnn(-c2ccccc2)c1. The van der Waals surface area contributed by atoms with Crippen LogP contribution in [0.2, 0.25) is 0 Å². The van der Waals surface area contributed by atoms with Crippen LogP contribution in [0.1, 0.15) is 37.3 Å². The van der Waals surface area contributed by atoms with Gasteiger partial charge in [-0.2, -0.15) is 5.10 Å². The van der Waals surface area contributed by atoms with Crippen LogP contribution in [-0.2, 0) is 0 Å². The summed E-state index contributed by atoms with van der Waals surface area (Å²) < 4.78 is 1.91. The van der Waals surface area contributed by atoms with Gasteiger partial charge in [0.25, 0.3) is 0 Å². The Kier molecular flexibility index (Phi) is 4.14. The Morgan fingerprint density at radius 2 is 2.00 bits per heavy atom. The highest BCUT2D eigenvalue weighted by atomic mass is 15.3. The van der Waals surface area contributed by atoms with Gasteiger partial charge in [0.1, 0.15) is 0 Å². The van der Waals surface area contributed by atoms with Crippen molar-refractivity contribution in [2.24, 2.45) is 5.73 Å². The van der Waals surface area contributed by atoms with Gasteiger partial charge in [-0.25, -0.2) is 4.68 Å². The predicted molar refractivity (Wildman–Crippen MR) is 80.8 cm³/mol. The first-order valence-corrected chi connectivity index (χ1v) is 7.43.